The lowest BCUT2D eigenvalue weighted by atomic mass is 10.1. The second kappa shape index (κ2) is 4.13. The minimum absolute atomic E-state index is 0.620. The van der Waals surface area contributed by atoms with E-state index in [1.54, 1.807) is 0 Å². The Balaban J connectivity index is 1.99. The summed E-state index contributed by atoms with van der Waals surface area (Å²) >= 11 is 6.20. The van der Waals surface area contributed by atoms with Gasteiger partial charge >= 0.3 is 0 Å². The first-order valence-corrected chi connectivity index (χ1v) is 6.86. The molecule has 2 fully saturated rings. The van der Waals surface area contributed by atoms with Crippen LogP contribution >= 0.6 is 11.6 Å². The molecule has 1 aliphatic heterocycles. The molecule has 2 heterocycles. The fourth-order valence-corrected chi connectivity index (χ4v) is 3.32. The third-order valence-corrected chi connectivity index (χ3v) is 4.47. The molecule has 1 aromatic heterocycles. The predicted octanol–water partition coefficient (Wildman–Crippen LogP) is 2.99. The van der Waals surface area contributed by atoms with Crippen LogP contribution < -0.4 is 4.90 Å². The maximum absolute atomic E-state index is 6.20. The number of rotatable bonds is 2. The summed E-state index contributed by atoms with van der Waals surface area (Å²) in [6.45, 7) is 5.26. The number of hydrogen-bond donors (Lipinski definition) is 0. The number of aryl methyl sites for hydroxylation is 1. The molecule has 1 aliphatic carbocycles. The summed E-state index contributed by atoms with van der Waals surface area (Å²) in [5.74, 6) is 2.81. The van der Waals surface area contributed by atoms with Crippen molar-refractivity contribution in [1.82, 2.24) is 9.97 Å². The van der Waals surface area contributed by atoms with E-state index in [0.717, 1.165) is 36.1 Å². The van der Waals surface area contributed by atoms with E-state index >= 15 is 0 Å². The molecular formula is C13H18ClN3. The average Bonchev–Trinajstić information content (AvgIpc) is 2.94. The number of anilines is 1. The van der Waals surface area contributed by atoms with Gasteiger partial charge in [0.05, 0.1) is 0 Å². The van der Waals surface area contributed by atoms with Gasteiger partial charge in [0.15, 0.2) is 0 Å². The maximum Gasteiger partial charge on any atom is 0.137 e. The standard InChI is InChI=1S/C13H18ClN3/c1-3-11-15-12(14)8(2)13(16-11)17-7-9-4-5-10(17)6-9/h9-10H,3-7H2,1-2H3. The van der Waals surface area contributed by atoms with E-state index in [-0.39, 0.29) is 0 Å². The number of fused-ring (bicyclic) bond motifs is 2. The summed E-state index contributed by atoms with van der Waals surface area (Å²) < 4.78 is 0. The molecule has 3 nitrogen and oxygen atoms in total. The van der Waals surface area contributed by atoms with Crippen molar-refractivity contribution in [3.63, 3.8) is 0 Å². The molecule has 92 valence electrons. The molecule has 0 radical (unpaired) electrons. The zero-order valence-corrected chi connectivity index (χ0v) is 11.2. The highest BCUT2D eigenvalue weighted by Gasteiger charge is 2.39. The van der Waals surface area contributed by atoms with Gasteiger partial charge in [0.25, 0.3) is 0 Å². The van der Waals surface area contributed by atoms with Crippen LogP contribution in [0.25, 0.3) is 0 Å². The lowest BCUT2D eigenvalue weighted by Crippen LogP contribution is -2.33. The Morgan fingerprint density at radius 1 is 1.35 bits per heavy atom. The zero-order chi connectivity index (χ0) is 12.0. The van der Waals surface area contributed by atoms with E-state index in [1.165, 1.54) is 19.3 Å². The van der Waals surface area contributed by atoms with Crippen LogP contribution in [0.1, 0.15) is 37.6 Å². The number of aromatic nitrogens is 2. The normalized spacial score (nSPS) is 26.9. The Labute approximate surface area is 107 Å². The van der Waals surface area contributed by atoms with Gasteiger partial charge in [-0.1, -0.05) is 18.5 Å². The Kier molecular flexibility index (Phi) is 2.74. The van der Waals surface area contributed by atoms with Crippen molar-refractivity contribution in [2.45, 2.75) is 45.6 Å². The molecule has 17 heavy (non-hydrogen) atoms. The van der Waals surface area contributed by atoms with E-state index in [1.807, 2.05) is 6.92 Å². The molecule has 2 atom stereocenters. The second-order valence-corrected chi connectivity index (χ2v) is 5.58. The average molecular weight is 252 g/mol. The van der Waals surface area contributed by atoms with Gasteiger partial charge in [-0.3, -0.25) is 0 Å². The summed E-state index contributed by atoms with van der Waals surface area (Å²) in [5.41, 5.74) is 1.04. The first kappa shape index (κ1) is 11.3. The summed E-state index contributed by atoms with van der Waals surface area (Å²) in [6, 6.07) is 0.689. The molecule has 2 unspecified atom stereocenters. The Morgan fingerprint density at radius 2 is 2.18 bits per heavy atom. The van der Waals surface area contributed by atoms with Crippen molar-refractivity contribution >= 4 is 17.4 Å². The van der Waals surface area contributed by atoms with E-state index in [9.17, 15) is 0 Å². The molecule has 1 saturated carbocycles. The van der Waals surface area contributed by atoms with Crippen LogP contribution in [0.15, 0.2) is 0 Å². The molecule has 0 spiro atoms. The van der Waals surface area contributed by atoms with Crippen molar-refractivity contribution < 1.29 is 0 Å². The van der Waals surface area contributed by atoms with E-state index in [0.29, 0.717) is 11.2 Å². The third-order valence-electron chi connectivity index (χ3n) is 4.10. The highest BCUT2D eigenvalue weighted by molar-refractivity contribution is 6.30. The van der Waals surface area contributed by atoms with Crippen LogP contribution in [0.5, 0.6) is 0 Å². The van der Waals surface area contributed by atoms with Gasteiger partial charge in [-0.25, -0.2) is 9.97 Å². The largest absolute Gasteiger partial charge is 0.353 e. The highest BCUT2D eigenvalue weighted by atomic mass is 35.5. The lowest BCUT2D eigenvalue weighted by molar-refractivity contribution is 0.548. The third kappa shape index (κ3) is 1.81. The summed E-state index contributed by atoms with van der Waals surface area (Å²) in [4.78, 5) is 11.5. The molecule has 3 rings (SSSR count). The summed E-state index contributed by atoms with van der Waals surface area (Å²) in [5, 5.41) is 0.620. The minimum atomic E-state index is 0.620. The number of piperidine rings is 1. The molecular weight excluding hydrogens is 234 g/mol. The first-order chi connectivity index (χ1) is 8.19. The van der Waals surface area contributed by atoms with Gasteiger partial charge in [0.1, 0.15) is 16.8 Å². The molecule has 2 bridgehead atoms. The topological polar surface area (TPSA) is 29.0 Å². The Morgan fingerprint density at radius 3 is 2.76 bits per heavy atom. The maximum atomic E-state index is 6.20. The molecule has 1 saturated heterocycles. The second-order valence-electron chi connectivity index (χ2n) is 5.22. The Bertz CT molecular complexity index is 447. The van der Waals surface area contributed by atoms with Crippen LogP contribution in [0.4, 0.5) is 5.82 Å². The predicted molar refractivity (Wildman–Crippen MR) is 69.6 cm³/mol. The molecule has 4 heteroatoms. The lowest BCUT2D eigenvalue weighted by Gasteiger charge is -2.29. The smallest absolute Gasteiger partial charge is 0.137 e. The van der Waals surface area contributed by atoms with Crippen molar-refractivity contribution in [2.24, 2.45) is 5.92 Å². The number of nitrogens with zero attached hydrogens (tertiary/aromatic N) is 3. The molecule has 2 aliphatic rings. The van der Waals surface area contributed by atoms with Gasteiger partial charge in [0, 0.05) is 24.6 Å². The highest BCUT2D eigenvalue weighted by Crippen LogP contribution is 2.41. The monoisotopic (exact) mass is 251 g/mol. The van der Waals surface area contributed by atoms with Crippen LogP contribution in [-0.4, -0.2) is 22.6 Å². The van der Waals surface area contributed by atoms with E-state index < -0.39 is 0 Å². The van der Waals surface area contributed by atoms with Gasteiger partial charge in [-0.2, -0.15) is 0 Å². The van der Waals surface area contributed by atoms with Crippen LogP contribution in [0.3, 0.4) is 0 Å². The van der Waals surface area contributed by atoms with Gasteiger partial charge in [-0.05, 0) is 32.1 Å². The van der Waals surface area contributed by atoms with Crippen LogP contribution in [0, 0.1) is 12.8 Å². The number of hydrogen-bond acceptors (Lipinski definition) is 3. The van der Waals surface area contributed by atoms with E-state index in [2.05, 4.69) is 21.8 Å². The quantitative estimate of drug-likeness (QED) is 0.757. The fourth-order valence-electron chi connectivity index (χ4n) is 3.14. The molecule has 1 aromatic rings. The fraction of sp³-hybridized carbons (Fsp3) is 0.692. The zero-order valence-electron chi connectivity index (χ0n) is 10.4. The van der Waals surface area contributed by atoms with Gasteiger partial charge in [-0.15, -0.1) is 0 Å². The van der Waals surface area contributed by atoms with Crippen molar-refractivity contribution in [1.29, 1.82) is 0 Å². The van der Waals surface area contributed by atoms with Crippen molar-refractivity contribution in [2.75, 3.05) is 11.4 Å². The molecule has 0 amide bonds. The summed E-state index contributed by atoms with van der Waals surface area (Å²) in [7, 11) is 0. The van der Waals surface area contributed by atoms with Crippen LogP contribution in [0.2, 0.25) is 5.15 Å². The molecule has 0 N–H and O–H groups in total. The van der Waals surface area contributed by atoms with Crippen molar-refractivity contribution in [3.8, 4) is 0 Å². The SMILES string of the molecule is CCc1nc(Cl)c(C)c(N2CC3CCC2C3)n1. The van der Waals surface area contributed by atoms with Gasteiger partial charge < -0.3 is 4.90 Å². The first-order valence-electron chi connectivity index (χ1n) is 6.48. The van der Waals surface area contributed by atoms with E-state index in [4.69, 9.17) is 11.6 Å². The molecule has 0 aromatic carbocycles. The minimum Gasteiger partial charge on any atom is -0.353 e. The Hall–Kier alpha value is -0.830. The number of halogens is 1. The van der Waals surface area contributed by atoms with Crippen molar-refractivity contribution in [3.05, 3.63) is 16.5 Å². The van der Waals surface area contributed by atoms with Gasteiger partial charge in [0.2, 0.25) is 0 Å². The summed E-state index contributed by atoms with van der Waals surface area (Å²) in [6.07, 6.45) is 4.88. The van der Waals surface area contributed by atoms with Crippen LogP contribution in [-0.2, 0) is 6.42 Å².